The fourth-order valence-corrected chi connectivity index (χ4v) is 1.60. The van der Waals surface area contributed by atoms with Gasteiger partial charge in [0, 0.05) is 45.2 Å². The van der Waals surface area contributed by atoms with Crippen LogP contribution in [0.25, 0.3) is 10.9 Å². The monoisotopic (exact) mass is 335 g/mol. The normalized spacial score (nSPS) is 9.89. The molecule has 0 saturated heterocycles. The van der Waals surface area contributed by atoms with Crippen LogP contribution in [0.15, 0.2) is 18.3 Å². The van der Waals surface area contributed by atoms with Gasteiger partial charge >= 0.3 is 5.97 Å². The van der Waals surface area contributed by atoms with Crippen molar-refractivity contribution in [2.75, 3.05) is 19.0 Å². The Morgan fingerprint density at radius 3 is 2.61 bits per heavy atom. The summed E-state index contributed by atoms with van der Waals surface area (Å²) in [6.45, 7) is 0. The van der Waals surface area contributed by atoms with Crippen LogP contribution in [0.3, 0.4) is 0 Å². The summed E-state index contributed by atoms with van der Waals surface area (Å²) in [5, 5.41) is 19.4. The van der Waals surface area contributed by atoms with Crippen molar-refractivity contribution < 1.29 is 34.5 Å². The first kappa shape index (κ1) is 14.3. The van der Waals surface area contributed by atoms with E-state index in [0.717, 1.165) is 0 Å². The SMILES string of the molecule is CN(C)c1nc(C(=O)O)c(O)c2ncccc12.[Ru]. The number of carboxylic acids is 1. The van der Waals surface area contributed by atoms with Crippen molar-refractivity contribution in [3.05, 3.63) is 24.0 Å². The smallest absolute Gasteiger partial charge is 0.358 e. The van der Waals surface area contributed by atoms with E-state index in [1.165, 1.54) is 6.20 Å². The van der Waals surface area contributed by atoms with Crippen LogP contribution in [-0.4, -0.2) is 40.2 Å². The number of hydrogen-bond acceptors (Lipinski definition) is 5. The molecule has 0 aliphatic rings. The zero-order valence-corrected chi connectivity index (χ0v) is 11.5. The summed E-state index contributed by atoms with van der Waals surface area (Å²) in [4.78, 5) is 20.6. The number of carbonyl (C=O) groups is 1. The van der Waals surface area contributed by atoms with Gasteiger partial charge in [0.05, 0.1) is 0 Å². The zero-order valence-electron chi connectivity index (χ0n) is 9.73. The summed E-state index contributed by atoms with van der Waals surface area (Å²) in [6, 6.07) is 3.44. The van der Waals surface area contributed by atoms with E-state index < -0.39 is 11.7 Å². The Balaban J connectivity index is 0.00000162. The van der Waals surface area contributed by atoms with Gasteiger partial charge in [-0.3, -0.25) is 4.98 Å². The molecule has 0 saturated carbocycles. The maximum Gasteiger partial charge on any atom is 0.358 e. The van der Waals surface area contributed by atoms with E-state index in [1.54, 1.807) is 31.1 Å². The Labute approximate surface area is 116 Å². The first-order valence-electron chi connectivity index (χ1n) is 4.90. The summed E-state index contributed by atoms with van der Waals surface area (Å²) >= 11 is 0. The average Bonchev–Trinajstić information content (AvgIpc) is 2.29. The van der Waals surface area contributed by atoms with Crippen LogP contribution in [-0.2, 0) is 19.5 Å². The molecule has 0 spiro atoms. The molecule has 0 atom stereocenters. The van der Waals surface area contributed by atoms with Crippen LogP contribution in [0.2, 0.25) is 0 Å². The number of fused-ring (bicyclic) bond motifs is 1. The third-order valence-electron chi connectivity index (χ3n) is 2.34. The molecule has 0 aromatic carbocycles. The van der Waals surface area contributed by atoms with Crippen LogP contribution in [0.1, 0.15) is 10.5 Å². The van der Waals surface area contributed by atoms with Gasteiger partial charge in [-0.1, -0.05) is 0 Å². The Morgan fingerprint density at radius 1 is 1.39 bits per heavy atom. The molecule has 0 fully saturated rings. The topological polar surface area (TPSA) is 86.6 Å². The second-order valence-corrected chi connectivity index (χ2v) is 3.73. The van der Waals surface area contributed by atoms with E-state index in [9.17, 15) is 9.90 Å². The van der Waals surface area contributed by atoms with E-state index in [1.807, 2.05) is 0 Å². The second kappa shape index (κ2) is 5.27. The molecule has 0 amide bonds. The predicted octanol–water partition coefficient (Wildman–Crippen LogP) is 1.10. The van der Waals surface area contributed by atoms with Gasteiger partial charge in [-0.15, -0.1) is 0 Å². The van der Waals surface area contributed by atoms with Crippen molar-refractivity contribution in [1.82, 2.24) is 9.97 Å². The molecule has 2 aromatic heterocycles. The molecule has 0 aliphatic carbocycles. The summed E-state index contributed by atoms with van der Waals surface area (Å²) in [6.07, 6.45) is 1.49. The van der Waals surface area contributed by atoms with Crippen molar-refractivity contribution in [3.63, 3.8) is 0 Å². The van der Waals surface area contributed by atoms with Crippen molar-refractivity contribution in [2.45, 2.75) is 0 Å². The summed E-state index contributed by atoms with van der Waals surface area (Å²) in [7, 11) is 3.49. The number of aromatic nitrogens is 2. The molecule has 0 radical (unpaired) electrons. The molecule has 96 valence electrons. The van der Waals surface area contributed by atoms with E-state index >= 15 is 0 Å². The van der Waals surface area contributed by atoms with E-state index in [0.29, 0.717) is 11.2 Å². The van der Waals surface area contributed by atoms with Crippen LogP contribution in [0, 0.1) is 0 Å². The third kappa shape index (κ3) is 2.26. The number of pyridine rings is 2. The Hall–Kier alpha value is -1.75. The minimum absolute atomic E-state index is 0. The molecule has 2 N–H and O–H groups in total. The fraction of sp³-hybridized carbons (Fsp3) is 0.182. The molecule has 18 heavy (non-hydrogen) atoms. The molecule has 0 bridgehead atoms. The molecule has 2 rings (SSSR count). The first-order valence-corrected chi connectivity index (χ1v) is 4.90. The van der Waals surface area contributed by atoms with Gasteiger partial charge in [0.25, 0.3) is 0 Å². The number of nitrogens with zero attached hydrogens (tertiary/aromatic N) is 3. The maximum absolute atomic E-state index is 11.0. The predicted molar refractivity (Wildman–Crippen MR) is 62.5 cm³/mol. The second-order valence-electron chi connectivity index (χ2n) is 3.73. The van der Waals surface area contributed by atoms with Gasteiger partial charge in [0.15, 0.2) is 11.4 Å². The average molecular weight is 334 g/mol. The van der Waals surface area contributed by atoms with Crippen molar-refractivity contribution in [1.29, 1.82) is 0 Å². The first-order chi connectivity index (χ1) is 8.02. The van der Waals surface area contributed by atoms with Crippen LogP contribution in [0.4, 0.5) is 5.82 Å². The van der Waals surface area contributed by atoms with Crippen molar-refractivity contribution >= 4 is 22.7 Å². The van der Waals surface area contributed by atoms with Gasteiger partial charge < -0.3 is 15.1 Å². The standard InChI is InChI=1S/C11H11N3O3.Ru/c1-14(2)10-6-4-3-5-12-7(6)9(15)8(13-10)11(16)17;/h3-5,15H,1-2H3,(H,16,17);. The van der Waals surface area contributed by atoms with Gasteiger partial charge in [-0.25, -0.2) is 9.78 Å². The van der Waals surface area contributed by atoms with Crippen LogP contribution in [0.5, 0.6) is 5.75 Å². The molecule has 7 heteroatoms. The summed E-state index contributed by atoms with van der Waals surface area (Å²) < 4.78 is 0. The molecular weight excluding hydrogens is 323 g/mol. The Kier molecular flexibility index (Phi) is 4.19. The quantitative estimate of drug-likeness (QED) is 0.800. The van der Waals surface area contributed by atoms with Crippen LogP contribution >= 0.6 is 0 Å². The maximum atomic E-state index is 11.0. The number of hydrogen-bond donors (Lipinski definition) is 2. The summed E-state index contributed by atoms with van der Waals surface area (Å²) in [5.41, 5.74) is -0.150. The van der Waals surface area contributed by atoms with Gasteiger partial charge in [0.1, 0.15) is 11.3 Å². The van der Waals surface area contributed by atoms with Gasteiger partial charge in [0.2, 0.25) is 0 Å². The third-order valence-corrected chi connectivity index (χ3v) is 2.34. The van der Waals surface area contributed by atoms with Crippen molar-refractivity contribution in [3.8, 4) is 5.75 Å². The van der Waals surface area contributed by atoms with Crippen molar-refractivity contribution in [2.24, 2.45) is 0 Å². The minimum Gasteiger partial charge on any atom is -0.504 e. The molecule has 2 aromatic rings. The van der Waals surface area contributed by atoms with Gasteiger partial charge in [-0.05, 0) is 12.1 Å². The zero-order chi connectivity index (χ0) is 12.6. The number of anilines is 1. The molecule has 0 unspecified atom stereocenters. The number of aromatic hydroxyl groups is 1. The minimum atomic E-state index is -1.28. The Morgan fingerprint density at radius 2 is 2.06 bits per heavy atom. The number of carboxylic acid groups (broad SMARTS) is 1. The molecule has 0 aliphatic heterocycles. The number of rotatable bonds is 2. The van der Waals surface area contributed by atoms with Gasteiger partial charge in [-0.2, -0.15) is 0 Å². The molecule has 2 heterocycles. The van der Waals surface area contributed by atoms with E-state index in [-0.39, 0.29) is 30.7 Å². The van der Waals surface area contributed by atoms with E-state index in [4.69, 9.17) is 5.11 Å². The van der Waals surface area contributed by atoms with E-state index in [2.05, 4.69) is 9.97 Å². The van der Waals surface area contributed by atoms with Crippen LogP contribution < -0.4 is 4.90 Å². The molecule has 6 nitrogen and oxygen atoms in total. The summed E-state index contributed by atoms with van der Waals surface area (Å²) in [5.74, 6) is -1.22. The fourth-order valence-electron chi connectivity index (χ4n) is 1.60. The molecular formula is C11H11N3O3Ru. The number of aromatic carboxylic acids is 1. The Bertz CT molecular complexity index is 601. The largest absolute Gasteiger partial charge is 0.504 e.